The van der Waals surface area contributed by atoms with Gasteiger partial charge in [0.25, 0.3) is 0 Å². The van der Waals surface area contributed by atoms with Crippen molar-refractivity contribution in [3.63, 3.8) is 0 Å². The second-order valence-corrected chi connectivity index (χ2v) is 5.06. The molecule has 7 nitrogen and oxygen atoms in total. The van der Waals surface area contributed by atoms with Crippen molar-refractivity contribution in [3.8, 4) is 5.69 Å². The highest BCUT2D eigenvalue weighted by atomic mass is 16.1. The quantitative estimate of drug-likeness (QED) is 0.867. The zero-order valence-corrected chi connectivity index (χ0v) is 11.2. The number of nitrogens with zero attached hydrogens (tertiary/aromatic N) is 5. The van der Waals surface area contributed by atoms with Crippen LogP contribution in [-0.2, 0) is 4.79 Å². The Morgan fingerprint density at radius 2 is 2.10 bits per heavy atom. The highest BCUT2D eigenvalue weighted by Crippen LogP contribution is 2.23. The van der Waals surface area contributed by atoms with E-state index in [9.17, 15) is 4.79 Å². The predicted octanol–water partition coefficient (Wildman–Crippen LogP) is 0.282. The number of hydrogen-bond acceptors (Lipinski definition) is 5. The van der Waals surface area contributed by atoms with E-state index in [2.05, 4.69) is 15.5 Å². The number of amides is 1. The van der Waals surface area contributed by atoms with Crippen molar-refractivity contribution >= 4 is 11.9 Å². The fourth-order valence-corrected chi connectivity index (χ4v) is 2.41. The van der Waals surface area contributed by atoms with Gasteiger partial charge in [0.05, 0.1) is 11.6 Å². The average Bonchev–Trinajstić information content (AvgIpc) is 3.08. The Morgan fingerprint density at radius 1 is 1.35 bits per heavy atom. The van der Waals surface area contributed by atoms with E-state index in [0.717, 1.165) is 18.7 Å². The zero-order chi connectivity index (χ0) is 14.1. The van der Waals surface area contributed by atoms with Crippen molar-refractivity contribution in [1.29, 1.82) is 0 Å². The van der Waals surface area contributed by atoms with Crippen molar-refractivity contribution in [3.05, 3.63) is 29.8 Å². The maximum Gasteiger partial charge on any atom is 0.250 e. The summed E-state index contributed by atoms with van der Waals surface area (Å²) in [5.74, 6) is 0.262. The van der Waals surface area contributed by atoms with Crippen molar-refractivity contribution in [2.75, 3.05) is 18.0 Å². The van der Waals surface area contributed by atoms with Crippen molar-refractivity contribution < 1.29 is 4.79 Å². The Balaban J connectivity index is 1.87. The first-order valence-electron chi connectivity index (χ1n) is 6.55. The van der Waals surface area contributed by atoms with Gasteiger partial charge in [-0.25, -0.2) is 0 Å². The Labute approximate surface area is 116 Å². The molecule has 1 unspecified atom stereocenters. The van der Waals surface area contributed by atoms with Crippen LogP contribution in [0.4, 0.5) is 5.95 Å². The van der Waals surface area contributed by atoms with Crippen LogP contribution in [0.5, 0.6) is 0 Å². The van der Waals surface area contributed by atoms with Crippen LogP contribution >= 0.6 is 0 Å². The Hall–Kier alpha value is -2.44. The van der Waals surface area contributed by atoms with Gasteiger partial charge in [-0.3, -0.25) is 4.79 Å². The third-order valence-electron chi connectivity index (χ3n) is 3.61. The molecule has 104 valence electrons. The van der Waals surface area contributed by atoms with Gasteiger partial charge in [0.15, 0.2) is 0 Å². The van der Waals surface area contributed by atoms with Gasteiger partial charge in [0, 0.05) is 13.1 Å². The predicted molar refractivity (Wildman–Crippen MR) is 73.4 cm³/mol. The lowest BCUT2D eigenvalue weighted by Crippen LogP contribution is -2.28. The van der Waals surface area contributed by atoms with Crippen LogP contribution in [0.25, 0.3) is 5.69 Å². The number of primary amides is 1. The highest BCUT2D eigenvalue weighted by Gasteiger charge is 2.29. The summed E-state index contributed by atoms with van der Waals surface area (Å²) in [6.07, 6.45) is 0.746. The van der Waals surface area contributed by atoms with E-state index in [1.165, 1.54) is 5.56 Å². The number of carbonyl (C=O) groups is 1. The fraction of sp³-hybridized carbons (Fsp3) is 0.385. The van der Waals surface area contributed by atoms with Gasteiger partial charge in [-0.15, -0.1) is 0 Å². The maximum atomic E-state index is 11.2. The molecule has 20 heavy (non-hydrogen) atoms. The molecule has 2 heterocycles. The SMILES string of the molecule is Cc1ccc(-n2nnnc2N2CCC(C(N)=O)C2)cc1. The number of hydrogen-bond donors (Lipinski definition) is 1. The van der Waals surface area contributed by atoms with Gasteiger partial charge in [-0.1, -0.05) is 22.8 Å². The Morgan fingerprint density at radius 3 is 2.75 bits per heavy atom. The number of anilines is 1. The van der Waals surface area contributed by atoms with Crippen molar-refractivity contribution in [2.24, 2.45) is 11.7 Å². The Kier molecular flexibility index (Phi) is 3.09. The van der Waals surface area contributed by atoms with E-state index in [4.69, 9.17) is 5.73 Å². The van der Waals surface area contributed by atoms with Crippen LogP contribution in [0.2, 0.25) is 0 Å². The summed E-state index contributed by atoms with van der Waals surface area (Å²) >= 11 is 0. The lowest BCUT2D eigenvalue weighted by molar-refractivity contribution is -0.121. The summed E-state index contributed by atoms with van der Waals surface area (Å²) in [6.45, 7) is 3.34. The number of aryl methyl sites for hydroxylation is 1. The third-order valence-corrected chi connectivity index (χ3v) is 3.61. The lowest BCUT2D eigenvalue weighted by atomic mass is 10.1. The molecule has 0 aliphatic carbocycles. The summed E-state index contributed by atoms with van der Waals surface area (Å²) in [5, 5.41) is 11.8. The maximum absolute atomic E-state index is 11.2. The molecule has 1 aromatic heterocycles. The van der Waals surface area contributed by atoms with E-state index < -0.39 is 0 Å². The monoisotopic (exact) mass is 272 g/mol. The molecular formula is C13H16N6O. The largest absolute Gasteiger partial charge is 0.369 e. The molecule has 1 fully saturated rings. The second-order valence-electron chi connectivity index (χ2n) is 5.06. The minimum atomic E-state index is -0.262. The first-order chi connectivity index (χ1) is 9.65. The number of rotatable bonds is 3. The van der Waals surface area contributed by atoms with Crippen LogP contribution in [-0.4, -0.2) is 39.2 Å². The van der Waals surface area contributed by atoms with Gasteiger partial charge in [0.2, 0.25) is 11.9 Å². The summed E-state index contributed by atoms with van der Waals surface area (Å²) < 4.78 is 1.68. The standard InChI is InChI=1S/C13H16N6O/c1-9-2-4-11(5-3-9)19-13(15-16-17-19)18-7-6-10(8-18)12(14)20/h2-5,10H,6-8H2,1H3,(H2,14,20). The molecule has 1 saturated heterocycles. The van der Waals surface area contributed by atoms with Gasteiger partial charge in [0.1, 0.15) is 0 Å². The molecule has 1 aliphatic heterocycles. The van der Waals surface area contributed by atoms with E-state index in [1.807, 2.05) is 36.1 Å². The molecule has 2 aromatic rings. The summed E-state index contributed by atoms with van der Waals surface area (Å²) in [7, 11) is 0. The van der Waals surface area contributed by atoms with Gasteiger partial charge in [-0.05, 0) is 35.9 Å². The molecule has 0 spiro atoms. The van der Waals surface area contributed by atoms with Crippen LogP contribution in [0, 0.1) is 12.8 Å². The Bertz CT molecular complexity index is 620. The van der Waals surface area contributed by atoms with E-state index in [-0.39, 0.29) is 11.8 Å². The van der Waals surface area contributed by atoms with Gasteiger partial charge >= 0.3 is 0 Å². The average molecular weight is 272 g/mol. The first-order valence-corrected chi connectivity index (χ1v) is 6.55. The molecule has 1 aliphatic rings. The molecule has 2 N–H and O–H groups in total. The number of benzene rings is 1. The number of aromatic nitrogens is 4. The van der Waals surface area contributed by atoms with Crippen LogP contribution in [0.15, 0.2) is 24.3 Å². The van der Waals surface area contributed by atoms with Crippen molar-refractivity contribution in [1.82, 2.24) is 20.2 Å². The molecule has 0 saturated carbocycles. The number of tetrazole rings is 1. The zero-order valence-electron chi connectivity index (χ0n) is 11.2. The molecule has 1 amide bonds. The topological polar surface area (TPSA) is 89.9 Å². The number of nitrogens with two attached hydrogens (primary N) is 1. The summed E-state index contributed by atoms with van der Waals surface area (Å²) in [6, 6.07) is 7.96. The van der Waals surface area contributed by atoms with Crippen LogP contribution in [0.1, 0.15) is 12.0 Å². The molecule has 7 heteroatoms. The molecule has 3 rings (SSSR count). The smallest absolute Gasteiger partial charge is 0.250 e. The van der Waals surface area contributed by atoms with Crippen molar-refractivity contribution in [2.45, 2.75) is 13.3 Å². The van der Waals surface area contributed by atoms with E-state index in [1.54, 1.807) is 4.68 Å². The van der Waals surface area contributed by atoms with Crippen LogP contribution < -0.4 is 10.6 Å². The van der Waals surface area contributed by atoms with E-state index >= 15 is 0 Å². The van der Waals surface area contributed by atoms with Gasteiger partial charge in [-0.2, -0.15) is 4.68 Å². The summed E-state index contributed by atoms with van der Waals surface area (Å²) in [5.41, 5.74) is 7.44. The first kappa shape index (κ1) is 12.6. The molecular weight excluding hydrogens is 256 g/mol. The lowest BCUT2D eigenvalue weighted by Gasteiger charge is -2.16. The minimum absolute atomic E-state index is 0.127. The minimum Gasteiger partial charge on any atom is -0.369 e. The summed E-state index contributed by atoms with van der Waals surface area (Å²) in [4.78, 5) is 13.2. The molecule has 0 radical (unpaired) electrons. The normalized spacial score (nSPS) is 18.4. The van der Waals surface area contributed by atoms with E-state index in [0.29, 0.717) is 12.5 Å². The molecule has 0 bridgehead atoms. The molecule has 1 aromatic carbocycles. The second kappa shape index (κ2) is 4.92. The third kappa shape index (κ3) is 2.22. The molecule has 1 atom stereocenters. The van der Waals surface area contributed by atoms with Crippen LogP contribution in [0.3, 0.4) is 0 Å². The highest BCUT2D eigenvalue weighted by molar-refractivity contribution is 5.78. The van der Waals surface area contributed by atoms with Gasteiger partial charge < -0.3 is 10.6 Å². The fourth-order valence-electron chi connectivity index (χ4n) is 2.41. The number of carbonyl (C=O) groups excluding carboxylic acids is 1.